The fourth-order valence-corrected chi connectivity index (χ4v) is 5.12. The summed E-state index contributed by atoms with van der Waals surface area (Å²) in [5, 5.41) is 15.2. The van der Waals surface area contributed by atoms with E-state index in [1.165, 1.54) is 31.7 Å². The topological polar surface area (TPSA) is 59.3 Å². The van der Waals surface area contributed by atoms with Crippen LogP contribution in [0.2, 0.25) is 0 Å². The lowest BCUT2D eigenvalue weighted by Gasteiger charge is -2.34. The van der Waals surface area contributed by atoms with Crippen LogP contribution in [0.25, 0.3) is 4.96 Å². The summed E-state index contributed by atoms with van der Waals surface area (Å²) < 4.78 is 29.0. The van der Waals surface area contributed by atoms with Crippen molar-refractivity contribution in [2.24, 2.45) is 0 Å². The van der Waals surface area contributed by atoms with Gasteiger partial charge in [0, 0.05) is 12.0 Å². The molecule has 1 fully saturated rings. The van der Waals surface area contributed by atoms with Gasteiger partial charge in [0.2, 0.25) is 10.8 Å². The Balaban J connectivity index is 1.77. The predicted octanol–water partition coefficient (Wildman–Crippen LogP) is 0.230. The van der Waals surface area contributed by atoms with Crippen LogP contribution in [0.3, 0.4) is 0 Å². The van der Waals surface area contributed by atoms with Crippen LogP contribution in [0.5, 0.6) is 5.88 Å². The SMILES string of the molecule is CCc1nc2sc([C@H](c3ccc(F)c(F)c3)[NH+]3CC[NH+](CC)CC3)c(O)n2n1. The van der Waals surface area contributed by atoms with Gasteiger partial charge in [-0.2, -0.15) is 4.52 Å². The fraction of sp³-hybridized carbons (Fsp3) is 0.474. The third-order valence-corrected chi connectivity index (χ3v) is 6.69. The second kappa shape index (κ2) is 7.73. The highest BCUT2D eigenvalue weighted by Gasteiger charge is 2.36. The number of nitrogens with one attached hydrogen (secondary N) is 2. The Morgan fingerprint density at radius 1 is 1.18 bits per heavy atom. The van der Waals surface area contributed by atoms with E-state index >= 15 is 0 Å². The van der Waals surface area contributed by atoms with E-state index in [-0.39, 0.29) is 11.9 Å². The van der Waals surface area contributed by atoms with Gasteiger partial charge in [-0.25, -0.2) is 13.8 Å². The lowest BCUT2D eigenvalue weighted by Crippen LogP contribution is -3.28. The number of halogens is 2. The van der Waals surface area contributed by atoms with E-state index in [2.05, 4.69) is 17.0 Å². The molecule has 2 aromatic heterocycles. The maximum Gasteiger partial charge on any atom is 0.235 e. The number of aryl methyl sites for hydroxylation is 1. The molecular weight excluding hydrogens is 384 g/mol. The number of quaternary nitrogens is 2. The van der Waals surface area contributed by atoms with Crippen LogP contribution in [0.15, 0.2) is 18.2 Å². The number of aromatic hydroxyl groups is 1. The highest BCUT2D eigenvalue weighted by atomic mass is 32.1. The van der Waals surface area contributed by atoms with Crippen molar-refractivity contribution >= 4 is 16.3 Å². The van der Waals surface area contributed by atoms with Gasteiger partial charge in [-0.1, -0.05) is 18.3 Å². The van der Waals surface area contributed by atoms with Gasteiger partial charge >= 0.3 is 0 Å². The number of hydrogen-bond acceptors (Lipinski definition) is 4. The lowest BCUT2D eigenvalue weighted by molar-refractivity contribution is -1.02. The second-order valence-electron chi connectivity index (χ2n) is 7.23. The van der Waals surface area contributed by atoms with Crippen molar-refractivity contribution < 1.29 is 23.7 Å². The molecule has 1 atom stereocenters. The Labute approximate surface area is 166 Å². The number of rotatable bonds is 5. The van der Waals surface area contributed by atoms with Gasteiger partial charge in [-0.3, -0.25) is 0 Å². The van der Waals surface area contributed by atoms with Crippen LogP contribution < -0.4 is 9.80 Å². The summed E-state index contributed by atoms with van der Waals surface area (Å²) in [7, 11) is 0. The molecule has 0 aliphatic carbocycles. The van der Waals surface area contributed by atoms with E-state index in [4.69, 9.17) is 0 Å². The second-order valence-corrected chi connectivity index (χ2v) is 8.24. The molecule has 0 unspecified atom stereocenters. The van der Waals surface area contributed by atoms with E-state index < -0.39 is 11.6 Å². The zero-order valence-corrected chi connectivity index (χ0v) is 16.8. The van der Waals surface area contributed by atoms with Crippen molar-refractivity contribution in [2.75, 3.05) is 32.7 Å². The standard InChI is InChI=1S/C19H23F2N5OS/c1-3-15-22-19-26(23-15)18(27)17(28-19)16(12-5-6-13(20)14(21)11-12)25-9-7-24(4-2)8-10-25/h5-6,11,16,27H,3-4,7-10H2,1-2H3/p+2/t16-/m0/s1. The Hall–Kier alpha value is -2.10. The number of benzene rings is 1. The van der Waals surface area contributed by atoms with Crippen molar-refractivity contribution in [3.8, 4) is 5.88 Å². The van der Waals surface area contributed by atoms with E-state index in [1.54, 1.807) is 6.07 Å². The molecular formula is C19H25F2N5OS+2. The number of likely N-dealkylation sites (N-methyl/N-ethyl adjacent to an activating group) is 1. The van der Waals surface area contributed by atoms with E-state index in [0.29, 0.717) is 27.6 Å². The summed E-state index contributed by atoms with van der Waals surface area (Å²) in [6.07, 6.45) is 0.683. The first-order valence-corrected chi connectivity index (χ1v) is 10.5. The van der Waals surface area contributed by atoms with Crippen LogP contribution in [-0.2, 0) is 6.42 Å². The first-order valence-electron chi connectivity index (χ1n) is 9.72. The summed E-state index contributed by atoms with van der Waals surface area (Å²) in [6.45, 7) is 9.00. The normalized spacial score (nSPS) is 21.3. The number of thiazole rings is 1. The van der Waals surface area contributed by atoms with Gasteiger partial charge in [0.15, 0.2) is 23.5 Å². The average Bonchev–Trinajstić information content (AvgIpc) is 3.25. The zero-order valence-electron chi connectivity index (χ0n) is 16.0. The molecule has 6 nitrogen and oxygen atoms in total. The van der Waals surface area contributed by atoms with E-state index in [0.717, 1.165) is 38.8 Å². The van der Waals surface area contributed by atoms with Crippen LogP contribution in [0, 0.1) is 11.6 Å². The molecule has 28 heavy (non-hydrogen) atoms. The molecule has 150 valence electrons. The molecule has 3 N–H and O–H groups in total. The maximum absolute atomic E-state index is 14.0. The number of hydrogen-bond donors (Lipinski definition) is 3. The van der Waals surface area contributed by atoms with Crippen LogP contribution in [-0.4, -0.2) is 52.4 Å². The third-order valence-electron chi connectivity index (χ3n) is 5.61. The molecule has 3 aromatic rings. The van der Waals surface area contributed by atoms with Gasteiger partial charge < -0.3 is 14.9 Å². The molecule has 0 spiro atoms. The molecule has 1 saturated heterocycles. The first-order chi connectivity index (χ1) is 13.5. The minimum Gasteiger partial charge on any atom is -0.492 e. The molecule has 9 heteroatoms. The minimum absolute atomic E-state index is 0.0414. The smallest absolute Gasteiger partial charge is 0.235 e. The van der Waals surface area contributed by atoms with E-state index in [1.807, 2.05) is 6.92 Å². The van der Waals surface area contributed by atoms with Gasteiger partial charge in [0.25, 0.3) is 0 Å². The number of fused-ring (bicyclic) bond motifs is 1. The van der Waals surface area contributed by atoms with Crippen molar-refractivity contribution in [3.63, 3.8) is 0 Å². The van der Waals surface area contributed by atoms with Crippen LogP contribution >= 0.6 is 11.3 Å². The summed E-state index contributed by atoms with van der Waals surface area (Å²) in [5.74, 6) is -1.02. The number of nitrogens with zero attached hydrogens (tertiary/aromatic N) is 3. The predicted molar refractivity (Wildman–Crippen MR) is 102 cm³/mol. The largest absolute Gasteiger partial charge is 0.492 e. The zero-order chi connectivity index (χ0) is 19.8. The van der Waals surface area contributed by atoms with Crippen LogP contribution in [0.1, 0.15) is 36.2 Å². The highest BCUT2D eigenvalue weighted by molar-refractivity contribution is 7.17. The minimum atomic E-state index is -0.869. The molecule has 1 aliphatic rings. The van der Waals surface area contributed by atoms with Crippen molar-refractivity contribution in [1.29, 1.82) is 0 Å². The van der Waals surface area contributed by atoms with Gasteiger partial charge in [0.05, 0.1) is 6.54 Å². The van der Waals surface area contributed by atoms with Gasteiger partial charge in [-0.15, -0.1) is 5.10 Å². The Kier molecular flexibility index (Phi) is 5.31. The van der Waals surface area contributed by atoms with E-state index in [9.17, 15) is 13.9 Å². The van der Waals surface area contributed by atoms with Crippen molar-refractivity contribution in [1.82, 2.24) is 14.6 Å². The van der Waals surface area contributed by atoms with Crippen molar-refractivity contribution in [3.05, 3.63) is 46.1 Å². The number of aromatic nitrogens is 3. The average molecular weight is 410 g/mol. The summed E-state index contributed by atoms with van der Waals surface area (Å²) in [5.41, 5.74) is 0.657. The Morgan fingerprint density at radius 3 is 2.54 bits per heavy atom. The maximum atomic E-state index is 14.0. The molecule has 0 bridgehead atoms. The monoisotopic (exact) mass is 409 g/mol. The summed E-state index contributed by atoms with van der Waals surface area (Å²) in [6, 6.07) is 3.74. The molecule has 1 aliphatic heterocycles. The lowest BCUT2D eigenvalue weighted by atomic mass is 10.0. The van der Waals surface area contributed by atoms with Crippen LogP contribution in [0.4, 0.5) is 8.78 Å². The Bertz CT molecular complexity index is 980. The quantitative estimate of drug-likeness (QED) is 0.566. The summed E-state index contributed by atoms with van der Waals surface area (Å²) >= 11 is 1.37. The molecule has 0 radical (unpaired) electrons. The molecule has 4 rings (SSSR count). The van der Waals surface area contributed by atoms with Gasteiger partial charge in [0.1, 0.15) is 31.1 Å². The molecule has 1 aromatic carbocycles. The number of piperazine rings is 1. The third kappa shape index (κ3) is 3.38. The van der Waals surface area contributed by atoms with Crippen molar-refractivity contribution in [2.45, 2.75) is 26.3 Å². The molecule has 0 amide bonds. The fourth-order valence-electron chi connectivity index (χ4n) is 3.96. The molecule has 3 heterocycles. The first kappa shape index (κ1) is 19.2. The summed E-state index contributed by atoms with van der Waals surface area (Å²) in [4.78, 5) is 8.54. The Morgan fingerprint density at radius 2 is 1.93 bits per heavy atom. The molecule has 0 saturated carbocycles. The highest BCUT2D eigenvalue weighted by Crippen LogP contribution is 2.35. The van der Waals surface area contributed by atoms with Gasteiger partial charge in [-0.05, 0) is 25.1 Å².